The summed E-state index contributed by atoms with van der Waals surface area (Å²) < 4.78 is 7.58. The first-order chi connectivity index (χ1) is 15.0. The Balaban J connectivity index is 1.30. The Morgan fingerprint density at radius 1 is 1.26 bits per heavy atom. The van der Waals surface area contributed by atoms with Gasteiger partial charge in [0, 0.05) is 36.0 Å². The standard InChI is InChI=1S/C22H22ClN5O2S/c1-13(2)28-18-11-15(3-4-16(18)12-24-28)21-25-20(26-30-21)14-5-8-27(9-6-14)22(29)19-17(23)7-10-31-19/h3-4,7,10-14H,5-6,8-9H2,1-2H3. The van der Waals surface area contributed by atoms with Crippen LogP contribution in [0.15, 0.2) is 40.4 Å². The van der Waals surface area contributed by atoms with Crippen LogP contribution in [0.2, 0.25) is 5.02 Å². The molecular formula is C22H22ClN5O2S. The molecule has 0 spiro atoms. The van der Waals surface area contributed by atoms with E-state index in [0.717, 1.165) is 29.3 Å². The van der Waals surface area contributed by atoms with Gasteiger partial charge >= 0.3 is 0 Å². The van der Waals surface area contributed by atoms with Gasteiger partial charge in [-0.1, -0.05) is 22.8 Å². The molecule has 1 aliphatic rings. The fourth-order valence-corrected chi connectivity index (χ4v) is 5.13. The van der Waals surface area contributed by atoms with Gasteiger partial charge in [0.25, 0.3) is 11.8 Å². The molecule has 31 heavy (non-hydrogen) atoms. The Morgan fingerprint density at radius 2 is 2.06 bits per heavy atom. The van der Waals surface area contributed by atoms with Crippen molar-refractivity contribution in [2.75, 3.05) is 13.1 Å². The van der Waals surface area contributed by atoms with Crippen LogP contribution in [0.1, 0.15) is 54.1 Å². The van der Waals surface area contributed by atoms with E-state index in [1.165, 1.54) is 11.3 Å². The molecule has 1 amide bonds. The molecule has 0 aliphatic carbocycles. The van der Waals surface area contributed by atoms with E-state index in [9.17, 15) is 4.79 Å². The number of amides is 1. The molecule has 3 aromatic heterocycles. The number of fused-ring (bicyclic) bond motifs is 1. The van der Waals surface area contributed by atoms with Crippen molar-refractivity contribution in [3.8, 4) is 11.5 Å². The molecule has 160 valence electrons. The maximum Gasteiger partial charge on any atom is 0.265 e. The van der Waals surface area contributed by atoms with E-state index in [1.807, 2.05) is 39.4 Å². The van der Waals surface area contributed by atoms with E-state index in [2.05, 4.69) is 29.1 Å². The number of rotatable bonds is 4. The molecule has 0 N–H and O–H groups in total. The quantitative estimate of drug-likeness (QED) is 0.411. The zero-order chi connectivity index (χ0) is 21.5. The molecule has 5 rings (SSSR count). The van der Waals surface area contributed by atoms with Crippen molar-refractivity contribution in [1.29, 1.82) is 0 Å². The topological polar surface area (TPSA) is 77.1 Å². The number of hydrogen-bond donors (Lipinski definition) is 0. The minimum atomic E-state index is 0.00215. The summed E-state index contributed by atoms with van der Waals surface area (Å²) >= 11 is 7.50. The lowest BCUT2D eigenvalue weighted by molar-refractivity contribution is 0.0715. The maximum absolute atomic E-state index is 12.7. The fraction of sp³-hybridized carbons (Fsp3) is 0.364. The van der Waals surface area contributed by atoms with Crippen LogP contribution >= 0.6 is 22.9 Å². The Hall–Kier alpha value is -2.71. The summed E-state index contributed by atoms with van der Waals surface area (Å²) in [5, 5.41) is 12.2. The summed E-state index contributed by atoms with van der Waals surface area (Å²) in [5.41, 5.74) is 1.93. The number of hydrogen-bond acceptors (Lipinski definition) is 6. The van der Waals surface area contributed by atoms with Crippen LogP contribution in [0, 0.1) is 0 Å². The van der Waals surface area contributed by atoms with E-state index in [-0.39, 0.29) is 17.9 Å². The number of aromatic nitrogens is 4. The Morgan fingerprint density at radius 3 is 2.77 bits per heavy atom. The van der Waals surface area contributed by atoms with Crippen LogP contribution in [0.5, 0.6) is 0 Å². The van der Waals surface area contributed by atoms with E-state index >= 15 is 0 Å². The predicted octanol–water partition coefficient (Wildman–Crippen LogP) is 5.40. The number of halogens is 1. The number of likely N-dealkylation sites (tertiary alicyclic amines) is 1. The SMILES string of the molecule is CC(C)n1ncc2ccc(-c3nc(C4CCN(C(=O)c5sccc5Cl)CC4)no3)cc21. The minimum absolute atomic E-state index is 0.00215. The molecule has 1 saturated heterocycles. The zero-order valence-corrected chi connectivity index (χ0v) is 18.9. The molecule has 0 unspecified atom stereocenters. The first kappa shape index (κ1) is 20.2. The first-order valence-corrected chi connectivity index (χ1v) is 11.6. The van der Waals surface area contributed by atoms with Gasteiger partial charge in [-0.2, -0.15) is 10.1 Å². The third kappa shape index (κ3) is 3.74. The van der Waals surface area contributed by atoms with Crippen LogP contribution in [-0.4, -0.2) is 43.8 Å². The highest BCUT2D eigenvalue weighted by molar-refractivity contribution is 7.12. The highest BCUT2D eigenvalue weighted by Crippen LogP contribution is 2.31. The Labute approximate surface area is 188 Å². The summed E-state index contributed by atoms with van der Waals surface area (Å²) in [5.74, 6) is 1.39. The molecule has 0 atom stereocenters. The lowest BCUT2D eigenvalue weighted by atomic mass is 9.96. The molecule has 0 saturated carbocycles. The van der Waals surface area contributed by atoms with Crippen LogP contribution in [0.25, 0.3) is 22.4 Å². The smallest absolute Gasteiger partial charge is 0.265 e. The highest BCUT2D eigenvalue weighted by atomic mass is 35.5. The van der Waals surface area contributed by atoms with Gasteiger partial charge in [0.15, 0.2) is 5.82 Å². The molecule has 7 nitrogen and oxygen atoms in total. The average molecular weight is 456 g/mol. The third-order valence-electron chi connectivity index (χ3n) is 5.74. The average Bonchev–Trinajstić information content (AvgIpc) is 3.52. The van der Waals surface area contributed by atoms with E-state index in [1.54, 1.807) is 6.07 Å². The number of piperidine rings is 1. The van der Waals surface area contributed by atoms with Crippen molar-refractivity contribution in [3.63, 3.8) is 0 Å². The van der Waals surface area contributed by atoms with E-state index in [0.29, 0.717) is 34.7 Å². The van der Waals surface area contributed by atoms with Crippen molar-refractivity contribution in [1.82, 2.24) is 24.8 Å². The number of nitrogens with zero attached hydrogens (tertiary/aromatic N) is 5. The first-order valence-electron chi connectivity index (χ1n) is 10.3. The van der Waals surface area contributed by atoms with Gasteiger partial charge in [-0.05, 0) is 50.3 Å². The summed E-state index contributed by atoms with van der Waals surface area (Å²) in [6.45, 7) is 5.52. The number of thiophene rings is 1. The summed E-state index contributed by atoms with van der Waals surface area (Å²) in [7, 11) is 0. The maximum atomic E-state index is 12.7. The van der Waals surface area contributed by atoms with E-state index in [4.69, 9.17) is 16.1 Å². The van der Waals surface area contributed by atoms with Crippen molar-refractivity contribution in [2.45, 2.75) is 38.6 Å². The normalized spacial score (nSPS) is 15.3. The van der Waals surface area contributed by atoms with Gasteiger partial charge in [-0.15, -0.1) is 11.3 Å². The van der Waals surface area contributed by atoms with Gasteiger partial charge in [0.1, 0.15) is 4.88 Å². The monoisotopic (exact) mass is 455 g/mol. The van der Waals surface area contributed by atoms with Crippen molar-refractivity contribution < 1.29 is 9.32 Å². The molecule has 1 fully saturated rings. The molecule has 0 bridgehead atoms. The summed E-state index contributed by atoms with van der Waals surface area (Å²) in [6, 6.07) is 8.09. The van der Waals surface area contributed by atoms with Crippen molar-refractivity contribution in [3.05, 3.63) is 51.6 Å². The number of benzene rings is 1. The minimum Gasteiger partial charge on any atom is -0.338 e. The second-order valence-corrected chi connectivity index (χ2v) is 9.40. The van der Waals surface area contributed by atoms with Gasteiger partial charge in [-0.25, -0.2) is 0 Å². The lowest BCUT2D eigenvalue weighted by Crippen LogP contribution is -2.37. The molecule has 4 aromatic rings. The fourth-order valence-electron chi connectivity index (χ4n) is 4.03. The Kier molecular flexibility index (Phi) is 5.27. The Bertz CT molecular complexity index is 1240. The second kappa shape index (κ2) is 8.09. The molecule has 0 radical (unpaired) electrons. The third-order valence-corrected chi connectivity index (χ3v) is 7.06. The summed E-state index contributed by atoms with van der Waals surface area (Å²) in [6.07, 6.45) is 3.47. The van der Waals surface area contributed by atoms with Gasteiger partial charge in [0.05, 0.1) is 16.7 Å². The second-order valence-electron chi connectivity index (χ2n) is 8.08. The molecule has 1 aliphatic heterocycles. The summed E-state index contributed by atoms with van der Waals surface area (Å²) in [4.78, 5) is 19.8. The zero-order valence-electron chi connectivity index (χ0n) is 17.3. The van der Waals surface area contributed by atoms with Crippen molar-refractivity contribution >= 4 is 39.7 Å². The van der Waals surface area contributed by atoms with Gasteiger partial charge in [0.2, 0.25) is 0 Å². The molecule has 4 heterocycles. The number of carbonyl (C=O) groups excluding carboxylic acids is 1. The van der Waals surface area contributed by atoms with Crippen LogP contribution in [0.3, 0.4) is 0 Å². The highest BCUT2D eigenvalue weighted by Gasteiger charge is 2.29. The van der Waals surface area contributed by atoms with E-state index < -0.39 is 0 Å². The number of carbonyl (C=O) groups is 1. The molecular weight excluding hydrogens is 434 g/mol. The van der Waals surface area contributed by atoms with Crippen LogP contribution in [-0.2, 0) is 0 Å². The van der Waals surface area contributed by atoms with Gasteiger partial charge in [-0.3, -0.25) is 9.48 Å². The van der Waals surface area contributed by atoms with Gasteiger partial charge < -0.3 is 9.42 Å². The van der Waals surface area contributed by atoms with Crippen molar-refractivity contribution in [2.24, 2.45) is 0 Å². The largest absolute Gasteiger partial charge is 0.338 e. The molecule has 9 heteroatoms. The van der Waals surface area contributed by atoms with Crippen LogP contribution in [0.4, 0.5) is 0 Å². The lowest BCUT2D eigenvalue weighted by Gasteiger charge is -2.30. The van der Waals surface area contributed by atoms with Crippen LogP contribution < -0.4 is 0 Å². The molecule has 1 aromatic carbocycles. The predicted molar refractivity (Wildman–Crippen MR) is 121 cm³/mol.